The second-order valence-corrected chi connectivity index (χ2v) is 6.26. The number of aromatic amines is 1. The Balaban J connectivity index is 0.00000256. The Hall–Kier alpha value is -3.91. The molecule has 152 valence electrons. The van der Waals surface area contributed by atoms with E-state index in [1.807, 2.05) is 48.5 Å². The zero-order valence-electron chi connectivity index (χ0n) is 15.7. The molecule has 0 aliphatic heterocycles. The molecule has 4 aromatic rings. The van der Waals surface area contributed by atoms with E-state index in [1.54, 1.807) is 18.3 Å². The van der Waals surface area contributed by atoms with Gasteiger partial charge in [-0.15, -0.1) is 12.4 Å². The Bertz CT molecular complexity index is 1140. The molecule has 30 heavy (non-hydrogen) atoms. The first-order valence-corrected chi connectivity index (χ1v) is 8.87. The van der Waals surface area contributed by atoms with E-state index in [0.29, 0.717) is 18.3 Å². The summed E-state index contributed by atoms with van der Waals surface area (Å²) in [6.45, 7) is 0.315. The van der Waals surface area contributed by atoms with Gasteiger partial charge < -0.3 is 9.72 Å². The highest BCUT2D eigenvalue weighted by Gasteiger charge is 2.04. The Morgan fingerprint density at radius 2 is 1.90 bits per heavy atom. The number of hydrazone groups is 1. The van der Waals surface area contributed by atoms with Crippen LogP contribution in [-0.2, 0) is 6.61 Å². The number of imidazole rings is 1. The minimum atomic E-state index is -0.424. The fraction of sp³-hybridized carbons (Fsp3) is 0.0476. The van der Waals surface area contributed by atoms with Crippen LogP contribution in [-0.4, -0.2) is 21.1 Å². The van der Waals surface area contributed by atoms with Gasteiger partial charge in [0, 0.05) is 12.1 Å². The number of nitrogens with one attached hydrogen (secondary N) is 2. The summed E-state index contributed by atoms with van der Waals surface area (Å²) < 4.78 is 5.77. The van der Waals surface area contributed by atoms with Crippen molar-refractivity contribution < 1.29 is 9.66 Å². The van der Waals surface area contributed by atoms with Crippen LogP contribution in [0.15, 0.2) is 77.9 Å². The van der Waals surface area contributed by atoms with Crippen molar-refractivity contribution >= 4 is 41.3 Å². The third-order valence-corrected chi connectivity index (χ3v) is 4.18. The molecular weight excluding hydrogens is 406 g/mol. The predicted octanol–water partition coefficient (Wildman–Crippen LogP) is 4.92. The minimum Gasteiger partial charge on any atom is -0.489 e. The van der Waals surface area contributed by atoms with Crippen LogP contribution in [0.4, 0.5) is 11.6 Å². The highest BCUT2D eigenvalue weighted by atomic mass is 35.5. The Labute approximate surface area is 178 Å². The van der Waals surface area contributed by atoms with Crippen LogP contribution >= 0.6 is 12.4 Å². The number of H-pyrrole nitrogens is 1. The normalized spacial score (nSPS) is 10.7. The van der Waals surface area contributed by atoms with Crippen LogP contribution in [0.3, 0.4) is 0 Å². The van der Waals surface area contributed by atoms with Gasteiger partial charge in [0.05, 0.1) is 22.2 Å². The molecule has 4 rings (SSSR count). The predicted molar refractivity (Wildman–Crippen MR) is 118 cm³/mol. The number of hydrogen-bond donors (Lipinski definition) is 2. The lowest BCUT2D eigenvalue weighted by molar-refractivity contribution is -0.384. The molecule has 0 saturated carbocycles. The molecule has 0 aliphatic rings. The maximum absolute atomic E-state index is 10.7. The van der Waals surface area contributed by atoms with Crippen LogP contribution in [0.2, 0.25) is 0 Å². The topological polar surface area (TPSA) is 105 Å². The summed E-state index contributed by atoms with van der Waals surface area (Å²) in [6, 6.07) is 21.5. The van der Waals surface area contributed by atoms with Crippen LogP contribution in [0.5, 0.6) is 5.75 Å². The molecule has 0 amide bonds. The van der Waals surface area contributed by atoms with Crippen molar-refractivity contribution in [3.8, 4) is 5.75 Å². The number of nitro groups is 1. The first-order chi connectivity index (χ1) is 14.2. The number of hydrogen-bond acceptors (Lipinski definition) is 6. The molecule has 0 saturated heterocycles. The molecule has 0 aliphatic carbocycles. The van der Waals surface area contributed by atoms with Crippen LogP contribution < -0.4 is 10.2 Å². The van der Waals surface area contributed by atoms with E-state index < -0.39 is 4.92 Å². The van der Waals surface area contributed by atoms with E-state index in [2.05, 4.69) is 20.5 Å². The summed E-state index contributed by atoms with van der Waals surface area (Å²) >= 11 is 0. The van der Waals surface area contributed by atoms with Crippen molar-refractivity contribution in [2.75, 3.05) is 5.43 Å². The summed E-state index contributed by atoms with van der Waals surface area (Å²) in [5.74, 6) is 1.24. The number of non-ortho nitro benzene ring substituents is 1. The first-order valence-electron chi connectivity index (χ1n) is 8.87. The second-order valence-electron chi connectivity index (χ2n) is 6.26. The Morgan fingerprint density at radius 1 is 1.10 bits per heavy atom. The molecule has 2 N–H and O–H groups in total. The van der Waals surface area contributed by atoms with E-state index in [-0.39, 0.29) is 18.1 Å². The number of halogens is 1. The molecule has 3 aromatic carbocycles. The SMILES string of the molecule is Cl.O=[N+]([O-])c1ccc(COc2cccc(C=NNc3nc4ccccc4[nH]3)c2)cc1. The Morgan fingerprint density at radius 3 is 2.67 bits per heavy atom. The van der Waals surface area contributed by atoms with Gasteiger partial charge in [0.25, 0.3) is 5.69 Å². The van der Waals surface area contributed by atoms with Crippen molar-refractivity contribution in [1.82, 2.24) is 9.97 Å². The number of nitrogens with zero attached hydrogens (tertiary/aromatic N) is 3. The zero-order valence-corrected chi connectivity index (χ0v) is 16.5. The fourth-order valence-electron chi connectivity index (χ4n) is 2.74. The highest BCUT2D eigenvalue weighted by molar-refractivity contribution is 5.85. The number of fused-ring (bicyclic) bond motifs is 1. The maximum Gasteiger partial charge on any atom is 0.269 e. The lowest BCUT2D eigenvalue weighted by Gasteiger charge is -2.07. The van der Waals surface area contributed by atoms with Gasteiger partial charge in [-0.2, -0.15) is 5.10 Å². The van der Waals surface area contributed by atoms with Gasteiger partial charge in [0.2, 0.25) is 5.95 Å². The van der Waals surface area contributed by atoms with Gasteiger partial charge in [-0.25, -0.2) is 10.4 Å². The summed E-state index contributed by atoms with van der Waals surface area (Å²) in [6.07, 6.45) is 1.67. The lowest BCUT2D eigenvalue weighted by Crippen LogP contribution is -1.97. The molecule has 0 atom stereocenters. The summed E-state index contributed by atoms with van der Waals surface area (Å²) in [7, 11) is 0. The molecule has 1 heterocycles. The van der Waals surface area contributed by atoms with Gasteiger partial charge in [0.1, 0.15) is 12.4 Å². The largest absolute Gasteiger partial charge is 0.489 e. The van der Waals surface area contributed by atoms with Crippen molar-refractivity contribution in [3.05, 3.63) is 94.0 Å². The molecule has 0 bridgehead atoms. The van der Waals surface area contributed by atoms with Crippen molar-refractivity contribution in [2.45, 2.75) is 6.61 Å². The van der Waals surface area contributed by atoms with E-state index >= 15 is 0 Å². The molecule has 8 nitrogen and oxygen atoms in total. The zero-order chi connectivity index (χ0) is 20.1. The summed E-state index contributed by atoms with van der Waals surface area (Å²) in [5, 5.41) is 14.9. The number of anilines is 1. The Kier molecular flexibility index (Phi) is 6.61. The van der Waals surface area contributed by atoms with Crippen LogP contribution in [0, 0.1) is 10.1 Å². The standard InChI is InChI=1S/C21H17N5O3.ClH/c27-26(28)17-10-8-15(9-11-17)14-29-18-5-3-4-16(12-18)13-22-25-21-23-19-6-1-2-7-20(19)24-21;/h1-13H,14H2,(H2,23,24,25);1H. The number of rotatable bonds is 7. The van der Waals surface area contributed by atoms with E-state index in [0.717, 1.165) is 22.2 Å². The number of para-hydroxylation sites is 2. The van der Waals surface area contributed by atoms with Gasteiger partial charge in [-0.1, -0.05) is 24.3 Å². The first kappa shape index (κ1) is 20.8. The number of ether oxygens (including phenoxy) is 1. The quantitative estimate of drug-likeness (QED) is 0.249. The number of benzene rings is 3. The third kappa shape index (κ3) is 5.12. The van der Waals surface area contributed by atoms with E-state index in [4.69, 9.17) is 4.74 Å². The molecule has 0 radical (unpaired) electrons. The van der Waals surface area contributed by atoms with Gasteiger partial charge >= 0.3 is 0 Å². The summed E-state index contributed by atoms with van der Waals surface area (Å²) in [5.41, 5.74) is 6.45. The molecule has 0 spiro atoms. The molecular formula is C21H18ClN5O3. The number of aromatic nitrogens is 2. The van der Waals surface area contributed by atoms with Crippen LogP contribution in [0.1, 0.15) is 11.1 Å². The monoisotopic (exact) mass is 423 g/mol. The van der Waals surface area contributed by atoms with E-state index in [9.17, 15) is 10.1 Å². The molecule has 0 fully saturated rings. The maximum atomic E-state index is 10.7. The van der Waals surface area contributed by atoms with Gasteiger partial charge in [-0.05, 0) is 47.5 Å². The average Bonchev–Trinajstić information content (AvgIpc) is 3.16. The smallest absolute Gasteiger partial charge is 0.269 e. The lowest BCUT2D eigenvalue weighted by atomic mass is 10.2. The van der Waals surface area contributed by atoms with Gasteiger partial charge in [-0.3, -0.25) is 10.1 Å². The average molecular weight is 424 g/mol. The van der Waals surface area contributed by atoms with Crippen molar-refractivity contribution in [1.29, 1.82) is 0 Å². The second kappa shape index (κ2) is 9.53. The third-order valence-electron chi connectivity index (χ3n) is 4.18. The number of nitro benzene ring substituents is 1. The van der Waals surface area contributed by atoms with Crippen molar-refractivity contribution in [2.24, 2.45) is 5.10 Å². The van der Waals surface area contributed by atoms with Gasteiger partial charge in [0.15, 0.2) is 0 Å². The molecule has 1 aromatic heterocycles. The molecule has 0 unspecified atom stereocenters. The molecule has 9 heteroatoms. The highest BCUT2D eigenvalue weighted by Crippen LogP contribution is 2.17. The van der Waals surface area contributed by atoms with Crippen molar-refractivity contribution in [3.63, 3.8) is 0 Å². The van der Waals surface area contributed by atoms with Crippen LogP contribution in [0.25, 0.3) is 11.0 Å². The van der Waals surface area contributed by atoms with E-state index in [1.165, 1.54) is 12.1 Å². The summed E-state index contributed by atoms with van der Waals surface area (Å²) in [4.78, 5) is 17.8. The minimum absolute atomic E-state index is 0. The fourth-order valence-corrected chi connectivity index (χ4v) is 2.74.